The topological polar surface area (TPSA) is 61.9 Å². The Bertz CT molecular complexity index is 908. The largest absolute Gasteiger partial charge is 0.337 e. The predicted molar refractivity (Wildman–Crippen MR) is 105 cm³/mol. The smallest absolute Gasteiger partial charge is 0.271 e. The van der Waals surface area contributed by atoms with Crippen molar-refractivity contribution in [1.82, 2.24) is 20.1 Å². The summed E-state index contributed by atoms with van der Waals surface area (Å²) in [5.41, 5.74) is 3.82. The van der Waals surface area contributed by atoms with Gasteiger partial charge in [-0.3, -0.25) is 14.9 Å². The van der Waals surface area contributed by atoms with E-state index in [1.807, 2.05) is 29.2 Å². The fourth-order valence-electron chi connectivity index (χ4n) is 3.58. The lowest BCUT2D eigenvalue weighted by atomic mass is 9.93. The van der Waals surface area contributed by atoms with E-state index >= 15 is 0 Å². The van der Waals surface area contributed by atoms with Gasteiger partial charge in [-0.2, -0.15) is 5.10 Å². The first-order valence-electron chi connectivity index (χ1n) is 9.18. The number of hydrogen-bond donors (Lipinski definition) is 1. The lowest BCUT2D eigenvalue weighted by Crippen LogP contribution is -2.39. The summed E-state index contributed by atoms with van der Waals surface area (Å²) in [5.74, 6) is 0.269. The number of benzene rings is 1. The number of nitrogens with zero attached hydrogens (tertiary/aromatic N) is 3. The van der Waals surface area contributed by atoms with Crippen LogP contribution in [0, 0.1) is 0 Å². The molecule has 0 aliphatic carbocycles. The van der Waals surface area contributed by atoms with Crippen LogP contribution in [0.1, 0.15) is 46.2 Å². The molecule has 4 rings (SSSR count). The highest BCUT2D eigenvalue weighted by Crippen LogP contribution is 2.27. The number of likely N-dealkylation sites (tertiary alicyclic amines) is 1. The van der Waals surface area contributed by atoms with Crippen molar-refractivity contribution < 1.29 is 4.79 Å². The Morgan fingerprint density at radius 3 is 2.81 bits per heavy atom. The van der Waals surface area contributed by atoms with E-state index in [2.05, 4.69) is 28.4 Å². The van der Waals surface area contributed by atoms with Gasteiger partial charge in [-0.25, -0.2) is 0 Å². The molecule has 1 fully saturated rings. The van der Waals surface area contributed by atoms with E-state index < -0.39 is 0 Å². The molecule has 0 unspecified atom stereocenters. The van der Waals surface area contributed by atoms with Crippen molar-refractivity contribution in [3.8, 4) is 0 Å². The second-order valence-electron chi connectivity index (χ2n) is 6.92. The number of H-pyrrole nitrogens is 1. The maximum absolute atomic E-state index is 12.6. The highest BCUT2D eigenvalue weighted by atomic mass is 35.5. The molecule has 0 bridgehead atoms. The lowest BCUT2D eigenvalue weighted by Gasteiger charge is -2.32. The van der Waals surface area contributed by atoms with E-state index in [0.29, 0.717) is 12.2 Å². The molecule has 1 aliphatic heterocycles. The van der Waals surface area contributed by atoms with Crippen LogP contribution < -0.4 is 0 Å². The molecule has 138 valence electrons. The van der Waals surface area contributed by atoms with Gasteiger partial charge in [-0.1, -0.05) is 29.8 Å². The number of carbonyl (C=O) groups is 1. The van der Waals surface area contributed by atoms with Crippen LogP contribution in [0.2, 0.25) is 5.02 Å². The molecule has 1 aliphatic rings. The predicted octanol–water partition coefficient (Wildman–Crippen LogP) is 4.07. The van der Waals surface area contributed by atoms with Crippen molar-refractivity contribution in [2.75, 3.05) is 13.1 Å². The summed E-state index contributed by atoms with van der Waals surface area (Å²) in [6, 6.07) is 15.8. The Morgan fingerprint density at radius 1 is 1.19 bits per heavy atom. The van der Waals surface area contributed by atoms with Gasteiger partial charge in [-0.05, 0) is 48.7 Å². The molecule has 0 spiro atoms. The fourth-order valence-corrected chi connectivity index (χ4v) is 3.71. The molecule has 3 heterocycles. The molecule has 27 heavy (non-hydrogen) atoms. The third kappa shape index (κ3) is 4.19. The standard InChI is InChI=1S/C21H21ClN4O/c22-17-8-6-15(7-9-17)13-18-4-1-5-19(24-18)16-3-2-12-26(14-16)21(27)20-10-11-23-25-20/h1,4-11,16H,2-3,12-14H2,(H,23,25)/t16-/m1/s1. The van der Waals surface area contributed by atoms with Gasteiger partial charge in [0.2, 0.25) is 0 Å². The summed E-state index contributed by atoms with van der Waals surface area (Å²) in [6.45, 7) is 1.47. The number of aromatic nitrogens is 3. The average molecular weight is 381 g/mol. The zero-order valence-electron chi connectivity index (χ0n) is 14.9. The first-order valence-corrected chi connectivity index (χ1v) is 9.56. The van der Waals surface area contributed by atoms with Gasteiger partial charge in [0.25, 0.3) is 5.91 Å². The van der Waals surface area contributed by atoms with Crippen LogP contribution in [0.4, 0.5) is 0 Å². The van der Waals surface area contributed by atoms with Crippen LogP contribution in [0.25, 0.3) is 0 Å². The Hall–Kier alpha value is -2.66. The highest BCUT2D eigenvalue weighted by molar-refractivity contribution is 6.30. The normalized spacial score (nSPS) is 17.1. The van der Waals surface area contributed by atoms with E-state index in [9.17, 15) is 4.79 Å². The van der Waals surface area contributed by atoms with Crippen LogP contribution in [-0.2, 0) is 6.42 Å². The Morgan fingerprint density at radius 2 is 2.04 bits per heavy atom. The third-order valence-corrected chi connectivity index (χ3v) is 5.24. The minimum atomic E-state index is 0.00881. The van der Waals surface area contributed by atoms with E-state index in [-0.39, 0.29) is 11.8 Å². The molecule has 2 aromatic heterocycles. The number of rotatable bonds is 4. The number of halogens is 1. The van der Waals surface area contributed by atoms with E-state index in [0.717, 1.165) is 42.2 Å². The average Bonchev–Trinajstić information content (AvgIpc) is 3.24. The minimum absolute atomic E-state index is 0.00881. The first kappa shape index (κ1) is 17.7. The number of pyridine rings is 1. The zero-order chi connectivity index (χ0) is 18.6. The van der Waals surface area contributed by atoms with Gasteiger partial charge in [0.05, 0.1) is 0 Å². The fraction of sp³-hybridized carbons (Fsp3) is 0.286. The molecule has 0 saturated carbocycles. The second kappa shape index (κ2) is 7.92. The van der Waals surface area contributed by atoms with Crippen LogP contribution in [0.15, 0.2) is 54.7 Å². The Kier molecular flexibility index (Phi) is 5.21. The number of nitrogens with one attached hydrogen (secondary N) is 1. The summed E-state index contributed by atoms with van der Waals surface area (Å²) in [4.78, 5) is 19.4. The number of hydrogen-bond acceptors (Lipinski definition) is 3. The lowest BCUT2D eigenvalue weighted by molar-refractivity contribution is 0.0700. The monoisotopic (exact) mass is 380 g/mol. The number of aromatic amines is 1. The van der Waals surface area contributed by atoms with Crippen molar-refractivity contribution in [1.29, 1.82) is 0 Å². The number of amides is 1. The maximum Gasteiger partial charge on any atom is 0.271 e. The minimum Gasteiger partial charge on any atom is -0.337 e. The molecule has 1 saturated heterocycles. The van der Waals surface area contributed by atoms with Crippen LogP contribution >= 0.6 is 11.6 Å². The summed E-state index contributed by atoms with van der Waals surface area (Å²) in [7, 11) is 0. The second-order valence-corrected chi connectivity index (χ2v) is 7.35. The van der Waals surface area contributed by atoms with Crippen molar-refractivity contribution in [3.05, 3.63) is 82.4 Å². The van der Waals surface area contributed by atoms with Crippen LogP contribution in [-0.4, -0.2) is 39.1 Å². The van der Waals surface area contributed by atoms with Gasteiger partial charge in [0, 0.05) is 48.0 Å². The first-order chi connectivity index (χ1) is 13.2. The number of piperidine rings is 1. The number of carbonyl (C=O) groups excluding carboxylic acids is 1. The molecule has 3 aromatic rings. The van der Waals surface area contributed by atoms with Gasteiger partial charge in [0.15, 0.2) is 0 Å². The summed E-state index contributed by atoms with van der Waals surface area (Å²) >= 11 is 5.96. The molecular formula is C21H21ClN4O. The van der Waals surface area contributed by atoms with Crippen molar-refractivity contribution in [2.45, 2.75) is 25.2 Å². The molecular weight excluding hydrogens is 360 g/mol. The van der Waals surface area contributed by atoms with E-state index in [1.165, 1.54) is 5.56 Å². The summed E-state index contributed by atoms with van der Waals surface area (Å²) in [6.07, 6.45) is 4.41. The van der Waals surface area contributed by atoms with Gasteiger partial charge in [-0.15, -0.1) is 0 Å². The molecule has 6 heteroatoms. The highest BCUT2D eigenvalue weighted by Gasteiger charge is 2.26. The molecule has 1 atom stereocenters. The van der Waals surface area contributed by atoms with Crippen LogP contribution in [0.5, 0.6) is 0 Å². The quantitative estimate of drug-likeness (QED) is 0.742. The van der Waals surface area contributed by atoms with Crippen LogP contribution in [0.3, 0.4) is 0 Å². The van der Waals surface area contributed by atoms with Crippen molar-refractivity contribution >= 4 is 17.5 Å². The molecule has 1 aromatic carbocycles. The molecule has 0 radical (unpaired) electrons. The summed E-state index contributed by atoms with van der Waals surface area (Å²) < 4.78 is 0. The maximum atomic E-state index is 12.6. The van der Waals surface area contributed by atoms with E-state index in [4.69, 9.17) is 16.6 Å². The summed E-state index contributed by atoms with van der Waals surface area (Å²) in [5, 5.41) is 7.38. The molecule has 5 nitrogen and oxygen atoms in total. The SMILES string of the molecule is O=C(c1ccn[nH]1)N1CCC[C@@H](c2cccc(Cc3ccc(Cl)cc3)n2)C1. The van der Waals surface area contributed by atoms with Gasteiger partial charge in [0.1, 0.15) is 5.69 Å². The van der Waals surface area contributed by atoms with Gasteiger partial charge >= 0.3 is 0 Å². The van der Waals surface area contributed by atoms with Crippen molar-refractivity contribution in [2.24, 2.45) is 0 Å². The van der Waals surface area contributed by atoms with Crippen molar-refractivity contribution in [3.63, 3.8) is 0 Å². The molecule has 1 amide bonds. The Labute approximate surface area is 163 Å². The molecule has 1 N–H and O–H groups in total. The zero-order valence-corrected chi connectivity index (χ0v) is 15.7. The Balaban J connectivity index is 1.47. The van der Waals surface area contributed by atoms with E-state index in [1.54, 1.807) is 12.3 Å². The third-order valence-electron chi connectivity index (χ3n) is 4.98. The van der Waals surface area contributed by atoms with Gasteiger partial charge < -0.3 is 4.90 Å².